The number of benzene rings is 2. The lowest BCUT2D eigenvalue weighted by Crippen LogP contribution is -2.43. The van der Waals surface area contributed by atoms with Crippen LogP contribution >= 0.6 is 11.8 Å². The van der Waals surface area contributed by atoms with Crippen molar-refractivity contribution in [2.45, 2.75) is 25.1 Å². The van der Waals surface area contributed by atoms with E-state index in [1.165, 1.54) is 17.3 Å². The van der Waals surface area contributed by atoms with Crippen molar-refractivity contribution in [3.63, 3.8) is 0 Å². The molecule has 2 aromatic rings. The number of carboxylic acids is 1. The largest absolute Gasteiger partial charge is 0.480 e. The second-order valence-electron chi connectivity index (χ2n) is 5.63. The van der Waals surface area contributed by atoms with Gasteiger partial charge in [-0.25, -0.2) is 4.79 Å². The molecule has 0 aliphatic carbocycles. The number of rotatable bonds is 8. The van der Waals surface area contributed by atoms with E-state index < -0.39 is 12.0 Å². The third-order valence-corrected chi connectivity index (χ3v) is 4.50. The lowest BCUT2D eigenvalue weighted by atomic mass is 10.1. The minimum Gasteiger partial charge on any atom is -0.480 e. The Hall–Kier alpha value is -2.27. The molecule has 0 saturated heterocycles. The Labute approximate surface area is 146 Å². The van der Waals surface area contributed by atoms with Crippen LogP contribution in [0.3, 0.4) is 0 Å². The molecule has 1 unspecified atom stereocenters. The average Bonchev–Trinajstić information content (AvgIpc) is 2.55. The third-order valence-electron chi connectivity index (χ3n) is 3.50. The smallest absolute Gasteiger partial charge is 0.326 e. The lowest BCUT2D eigenvalue weighted by Gasteiger charge is -2.14. The van der Waals surface area contributed by atoms with Gasteiger partial charge in [-0.15, -0.1) is 11.8 Å². The highest BCUT2D eigenvalue weighted by Crippen LogP contribution is 2.13. The molecule has 2 aromatic carbocycles. The quantitative estimate of drug-likeness (QED) is 0.773. The number of carbonyl (C=O) groups is 2. The first-order chi connectivity index (χ1) is 11.5. The molecule has 0 spiro atoms. The highest BCUT2D eigenvalue weighted by molar-refractivity contribution is 7.99. The number of hydrogen-bond acceptors (Lipinski definition) is 3. The van der Waals surface area contributed by atoms with Crippen molar-refractivity contribution < 1.29 is 14.7 Å². The predicted octanol–water partition coefficient (Wildman–Crippen LogP) is 3.04. The van der Waals surface area contributed by atoms with Gasteiger partial charge >= 0.3 is 5.97 Å². The van der Waals surface area contributed by atoms with E-state index in [-0.39, 0.29) is 18.1 Å². The molecule has 0 aliphatic heterocycles. The number of carboxylic acid groups (broad SMARTS) is 1. The summed E-state index contributed by atoms with van der Waals surface area (Å²) in [6.45, 7) is 2.03. The molecule has 2 N–H and O–H groups in total. The predicted molar refractivity (Wildman–Crippen MR) is 97.1 cm³/mol. The summed E-state index contributed by atoms with van der Waals surface area (Å²) in [5, 5.41) is 11.9. The minimum atomic E-state index is -1.02. The van der Waals surface area contributed by atoms with Crippen LogP contribution in [0.15, 0.2) is 54.6 Å². The normalized spacial score (nSPS) is 11.7. The van der Waals surface area contributed by atoms with E-state index in [2.05, 4.69) is 11.4 Å². The molecule has 0 aliphatic rings. The highest BCUT2D eigenvalue weighted by atomic mass is 32.2. The first kappa shape index (κ1) is 18.1. The van der Waals surface area contributed by atoms with Crippen molar-refractivity contribution in [1.29, 1.82) is 0 Å². The van der Waals surface area contributed by atoms with Crippen LogP contribution in [0.5, 0.6) is 0 Å². The first-order valence-electron chi connectivity index (χ1n) is 7.74. The molecule has 24 heavy (non-hydrogen) atoms. The summed E-state index contributed by atoms with van der Waals surface area (Å²) in [7, 11) is 0. The van der Waals surface area contributed by atoms with Crippen molar-refractivity contribution in [1.82, 2.24) is 5.32 Å². The molecular formula is C19H21NO3S. The summed E-state index contributed by atoms with van der Waals surface area (Å²) < 4.78 is 0. The fourth-order valence-corrected chi connectivity index (χ4v) is 3.14. The second-order valence-corrected chi connectivity index (χ2v) is 6.62. The van der Waals surface area contributed by atoms with Crippen LogP contribution in [0.25, 0.3) is 0 Å². The van der Waals surface area contributed by atoms with E-state index in [4.69, 9.17) is 0 Å². The van der Waals surface area contributed by atoms with Gasteiger partial charge in [-0.05, 0) is 18.1 Å². The molecule has 0 heterocycles. The third kappa shape index (κ3) is 6.08. The van der Waals surface area contributed by atoms with E-state index in [9.17, 15) is 14.7 Å². The SMILES string of the molecule is Cc1cccc(CSCC(=O)NC(Cc2ccccc2)C(=O)O)c1. The highest BCUT2D eigenvalue weighted by Gasteiger charge is 2.20. The average molecular weight is 343 g/mol. The Bertz CT molecular complexity index is 688. The van der Waals surface area contributed by atoms with E-state index in [1.54, 1.807) is 0 Å². The topological polar surface area (TPSA) is 66.4 Å². The van der Waals surface area contributed by atoms with Crippen LogP contribution < -0.4 is 5.32 Å². The maximum atomic E-state index is 12.0. The summed E-state index contributed by atoms with van der Waals surface area (Å²) in [6, 6.07) is 16.5. The van der Waals surface area contributed by atoms with Crippen molar-refractivity contribution in [3.05, 3.63) is 71.3 Å². The van der Waals surface area contributed by atoms with Gasteiger partial charge in [0.05, 0.1) is 5.75 Å². The van der Waals surface area contributed by atoms with E-state index in [1.807, 2.05) is 55.5 Å². The molecular weight excluding hydrogens is 322 g/mol. The first-order valence-corrected chi connectivity index (χ1v) is 8.89. The number of aryl methyl sites for hydroxylation is 1. The Morgan fingerprint density at radius 2 is 1.79 bits per heavy atom. The van der Waals surface area contributed by atoms with Gasteiger partial charge in [0.1, 0.15) is 6.04 Å². The molecule has 1 amide bonds. The molecule has 5 heteroatoms. The van der Waals surface area contributed by atoms with E-state index >= 15 is 0 Å². The van der Waals surface area contributed by atoms with Crippen molar-refractivity contribution in [3.8, 4) is 0 Å². The summed E-state index contributed by atoms with van der Waals surface area (Å²) in [5.74, 6) is -0.301. The van der Waals surface area contributed by atoms with E-state index in [0.717, 1.165) is 16.9 Å². The van der Waals surface area contributed by atoms with Gasteiger partial charge < -0.3 is 10.4 Å². The number of nitrogens with one attached hydrogen (secondary N) is 1. The van der Waals surface area contributed by atoms with Gasteiger partial charge in [-0.1, -0.05) is 60.2 Å². The van der Waals surface area contributed by atoms with Crippen LogP contribution in [0.1, 0.15) is 16.7 Å². The van der Waals surface area contributed by atoms with Gasteiger partial charge in [-0.2, -0.15) is 0 Å². The molecule has 4 nitrogen and oxygen atoms in total. The zero-order valence-corrected chi connectivity index (χ0v) is 14.4. The number of carbonyl (C=O) groups excluding carboxylic acids is 1. The molecule has 0 fully saturated rings. The molecule has 1 atom stereocenters. The van der Waals surface area contributed by atoms with Gasteiger partial charge in [-0.3, -0.25) is 4.79 Å². The molecule has 0 radical (unpaired) electrons. The number of hydrogen-bond donors (Lipinski definition) is 2. The summed E-state index contributed by atoms with van der Waals surface area (Å²) in [4.78, 5) is 23.4. The summed E-state index contributed by atoms with van der Waals surface area (Å²) in [5.41, 5.74) is 3.23. The van der Waals surface area contributed by atoms with Gasteiger partial charge in [0.15, 0.2) is 0 Å². The molecule has 2 rings (SSSR count). The van der Waals surface area contributed by atoms with Crippen LogP contribution in [-0.2, 0) is 21.8 Å². The second kappa shape index (κ2) is 9.13. The number of aliphatic carboxylic acids is 1. The van der Waals surface area contributed by atoms with Crippen LogP contribution in [0, 0.1) is 6.92 Å². The van der Waals surface area contributed by atoms with Crippen LogP contribution in [0.4, 0.5) is 0 Å². The maximum Gasteiger partial charge on any atom is 0.326 e. The molecule has 0 saturated carbocycles. The molecule has 126 valence electrons. The van der Waals surface area contributed by atoms with Gasteiger partial charge in [0, 0.05) is 12.2 Å². The maximum absolute atomic E-state index is 12.0. The Kier molecular flexibility index (Phi) is 6.88. The van der Waals surface area contributed by atoms with Crippen LogP contribution in [-0.4, -0.2) is 28.8 Å². The molecule has 0 aromatic heterocycles. The number of thioether (sulfide) groups is 1. The number of amides is 1. The van der Waals surface area contributed by atoms with Crippen molar-refractivity contribution >= 4 is 23.6 Å². The monoisotopic (exact) mass is 343 g/mol. The summed E-state index contributed by atoms with van der Waals surface area (Å²) >= 11 is 1.48. The fourth-order valence-electron chi connectivity index (χ4n) is 2.35. The Balaban J connectivity index is 1.81. The zero-order chi connectivity index (χ0) is 17.4. The standard InChI is InChI=1S/C19H21NO3S/c1-14-6-5-9-16(10-14)12-24-13-18(21)20-17(19(22)23)11-15-7-3-2-4-8-15/h2-10,17H,11-13H2,1H3,(H,20,21)(H,22,23). The van der Waals surface area contributed by atoms with Crippen molar-refractivity contribution in [2.24, 2.45) is 0 Å². The van der Waals surface area contributed by atoms with Crippen LogP contribution in [0.2, 0.25) is 0 Å². The fraction of sp³-hybridized carbons (Fsp3) is 0.263. The van der Waals surface area contributed by atoms with E-state index in [0.29, 0.717) is 0 Å². The zero-order valence-electron chi connectivity index (χ0n) is 13.6. The Morgan fingerprint density at radius 1 is 1.08 bits per heavy atom. The van der Waals surface area contributed by atoms with Gasteiger partial charge in [0.25, 0.3) is 0 Å². The summed E-state index contributed by atoms with van der Waals surface area (Å²) in [6.07, 6.45) is 0.282. The Morgan fingerprint density at radius 3 is 2.46 bits per heavy atom. The molecule has 0 bridgehead atoms. The van der Waals surface area contributed by atoms with Crippen molar-refractivity contribution in [2.75, 3.05) is 5.75 Å². The minimum absolute atomic E-state index is 0.243. The lowest BCUT2D eigenvalue weighted by molar-refractivity contribution is -0.141. The van der Waals surface area contributed by atoms with Gasteiger partial charge in [0.2, 0.25) is 5.91 Å².